The summed E-state index contributed by atoms with van der Waals surface area (Å²) in [5, 5.41) is 3.06. The number of benzene rings is 1. The van der Waals surface area contributed by atoms with Crippen LogP contribution in [0.3, 0.4) is 0 Å². The third-order valence-corrected chi connectivity index (χ3v) is 5.81. The first-order valence-electron chi connectivity index (χ1n) is 10.9. The predicted molar refractivity (Wildman–Crippen MR) is 131 cm³/mol. The van der Waals surface area contributed by atoms with E-state index in [0.717, 1.165) is 19.5 Å². The monoisotopic (exact) mass is 426 g/mol. The lowest BCUT2D eigenvalue weighted by Crippen LogP contribution is -2.36. The van der Waals surface area contributed by atoms with Crippen molar-refractivity contribution >= 4 is 17.7 Å². The molecule has 1 aromatic carbocycles. The van der Waals surface area contributed by atoms with Crippen LogP contribution in [0.1, 0.15) is 58.1 Å². The van der Waals surface area contributed by atoms with Crippen LogP contribution in [0.4, 0.5) is 0 Å². The number of rotatable bonds is 11. The van der Waals surface area contributed by atoms with E-state index in [0.29, 0.717) is 18.8 Å². The zero-order chi connectivity index (χ0) is 22.4. The molecular weight excluding hydrogens is 388 g/mol. The Morgan fingerprint density at radius 2 is 1.80 bits per heavy atom. The molecule has 0 heterocycles. The van der Waals surface area contributed by atoms with Crippen molar-refractivity contribution in [2.45, 2.75) is 65.7 Å². The molecule has 0 fully saturated rings. The molecule has 0 atom stereocenters. The van der Waals surface area contributed by atoms with Crippen LogP contribution in [0.15, 0.2) is 23.1 Å². The van der Waals surface area contributed by atoms with Gasteiger partial charge < -0.3 is 5.32 Å². The molecule has 3 nitrogen and oxygen atoms in total. The minimum absolute atomic E-state index is 0.0192. The number of thioether (sulfide) groups is 1. The van der Waals surface area contributed by atoms with Gasteiger partial charge in [0, 0.05) is 23.4 Å². The van der Waals surface area contributed by atoms with Gasteiger partial charge in [-0.05, 0) is 70.6 Å². The standard InChI is InChI=1S/C26H38N2OS/c1-7-8-11-18-28(19-12-9-10-16-26(4,5)6)20-17-27-24(29)21-30-25-22(2)14-13-15-23(25)3/h13-15H,7-8,11,17-21H2,1-6H3,(H,27,29). The van der Waals surface area contributed by atoms with Gasteiger partial charge in [-0.15, -0.1) is 11.8 Å². The number of aryl methyl sites for hydroxylation is 2. The molecule has 0 aliphatic rings. The van der Waals surface area contributed by atoms with E-state index in [1.807, 2.05) is 0 Å². The third-order valence-electron chi connectivity index (χ3n) is 4.48. The highest BCUT2D eigenvalue weighted by molar-refractivity contribution is 8.00. The SMILES string of the molecule is CCCCCN(CC#CC#CC(C)(C)C)CCNC(=O)CSc1c(C)cccc1C. The predicted octanol–water partition coefficient (Wildman–Crippen LogP) is 5.06. The van der Waals surface area contributed by atoms with Gasteiger partial charge in [0.15, 0.2) is 0 Å². The Morgan fingerprint density at radius 1 is 1.10 bits per heavy atom. The van der Waals surface area contributed by atoms with Crippen molar-refractivity contribution < 1.29 is 4.79 Å². The number of carbonyl (C=O) groups is 1. The van der Waals surface area contributed by atoms with Crippen LogP contribution < -0.4 is 5.32 Å². The van der Waals surface area contributed by atoms with Crippen molar-refractivity contribution in [3.63, 3.8) is 0 Å². The number of unbranched alkanes of at least 4 members (excludes halogenated alkanes) is 2. The maximum Gasteiger partial charge on any atom is 0.230 e. The topological polar surface area (TPSA) is 32.3 Å². The average molecular weight is 427 g/mol. The first kappa shape index (κ1) is 26.2. The highest BCUT2D eigenvalue weighted by atomic mass is 32.2. The van der Waals surface area contributed by atoms with Crippen LogP contribution in [0, 0.1) is 42.9 Å². The van der Waals surface area contributed by atoms with Gasteiger partial charge in [-0.2, -0.15) is 0 Å². The second-order valence-electron chi connectivity index (χ2n) is 8.64. The lowest BCUT2D eigenvalue weighted by Gasteiger charge is -2.19. The lowest BCUT2D eigenvalue weighted by atomic mass is 9.98. The molecule has 0 saturated carbocycles. The second kappa shape index (κ2) is 14.2. The van der Waals surface area contributed by atoms with Gasteiger partial charge >= 0.3 is 0 Å². The van der Waals surface area contributed by atoms with Crippen LogP contribution in [0.2, 0.25) is 0 Å². The molecule has 1 aromatic rings. The van der Waals surface area contributed by atoms with Crippen molar-refractivity contribution in [2.75, 3.05) is 31.9 Å². The van der Waals surface area contributed by atoms with Gasteiger partial charge in [0.05, 0.1) is 12.3 Å². The van der Waals surface area contributed by atoms with Gasteiger partial charge in [0.1, 0.15) is 0 Å². The Morgan fingerprint density at radius 3 is 2.43 bits per heavy atom. The zero-order valence-corrected chi connectivity index (χ0v) is 20.5. The minimum atomic E-state index is -0.0192. The molecule has 4 heteroatoms. The Balaban J connectivity index is 2.46. The van der Waals surface area contributed by atoms with Gasteiger partial charge in [-0.25, -0.2) is 0 Å². The number of hydrogen-bond donors (Lipinski definition) is 1. The largest absolute Gasteiger partial charge is 0.354 e. The van der Waals surface area contributed by atoms with E-state index in [2.05, 4.69) is 93.6 Å². The molecule has 0 aliphatic carbocycles. The summed E-state index contributed by atoms with van der Waals surface area (Å²) in [6.07, 6.45) is 3.57. The molecule has 0 spiro atoms. The van der Waals surface area contributed by atoms with E-state index in [1.165, 1.54) is 28.9 Å². The summed E-state index contributed by atoms with van der Waals surface area (Å²) in [4.78, 5) is 15.8. The quantitative estimate of drug-likeness (QED) is 0.305. The zero-order valence-electron chi connectivity index (χ0n) is 19.7. The van der Waals surface area contributed by atoms with Crippen LogP contribution in [0.5, 0.6) is 0 Å². The summed E-state index contributed by atoms with van der Waals surface area (Å²) in [6.45, 7) is 15.8. The molecule has 0 radical (unpaired) electrons. The Kier molecular flexibility index (Phi) is 12.4. The molecule has 30 heavy (non-hydrogen) atoms. The molecule has 0 aromatic heterocycles. The summed E-state index contributed by atoms with van der Waals surface area (Å²) >= 11 is 1.62. The van der Waals surface area contributed by atoms with Gasteiger partial charge in [0.25, 0.3) is 0 Å². The molecular formula is C26H38N2OS. The molecule has 1 amide bonds. The molecule has 1 N–H and O–H groups in total. The molecule has 1 rings (SSSR count). The molecule has 0 bridgehead atoms. The van der Waals surface area contributed by atoms with E-state index >= 15 is 0 Å². The van der Waals surface area contributed by atoms with Crippen molar-refractivity contribution in [1.29, 1.82) is 0 Å². The molecule has 164 valence electrons. The number of hydrogen-bond acceptors (Lipinski definition) is 3. The highest BCUT2D eigenvalue weighted by Gasteiger charge is 2.08. The van der Waals surface area contributed by atoms with Crippen molar-refractivity contribution in [3.05, 3.63) is 29.3 Å². The van der Waals surface area contributed by atoms with E-state index in [4.69, 9.17) is 0 Å². The maximum atomic E-state index is 12.3. The summed E-state index contributed by atoms with van der Waals surface area (Å²) in [5.74, 6) is 12.8. The van der Waals surface area contributed by atoms with Gasteiger partial charge in [-0.1, -0.05) is 49.8 Å². The highest BCUT2D eigenvalue weighted by Crippen LogP contribution is 2.25. The lowest BCUT2D eigenvalue weighted by molar-refractivity contribution is -0.118. The summed E-state index contributed by atoms with van der Waals surface area (Å²) < 4.78 is 0. The van der Waals surface area contributed by atoms with Crippen LogP contribution >= 0.6 is 11.8 Å². The fourth-order valence-electron chi connectivity index (χ4n) is 2.84. The van der Waals surface area contributed by atoms with Gasteiger partial charge in [-0.3, -0.25) is 9.69 Å². The smallest absolute Gasteiger partial charge is 0.230 e. The minimum Gasteiger partial charge on any atom is -0.354 e. The average Bonchev–Trinajstić information content (AvgIpc) is 2.66. The number of amides is 1. The third kappa shape index (κ3) is 12.0. The van der Waals surface area contributed by atoms with Crippen LogP contribution in [0.25, 0.3) is 0 Å². The summed E-state index contributed by atoms with van der Waals surface area (Å²) in [6, 6.07) is 6.24. The first-order chi connectivity index (χ1) is 14.2. The molecule has 0 saturated heterocycles. The Labute approximate surface area is 188 Å². The maximum absolute atomic E-state index is 12.3. The van der Waals surface area contributed by atoms with Crippen LogP contribution in [-0.4, -0.2) is 42.7 Å². The van der Waals surface area contributed by atoms with E-state index in [1.54, 1.807) is 11.8 Å². The first-order valence-corrected chi connectivity index (χ1v) is 11.9. The molecule has 0 unspecified atom stereocenters. The van der Waals surface area contributed by atoms with E-state index in [-0.39, 0.29) is 11.3 Å². The van der Waals surface area contributed by atoms with Crippen LogP contribution in [-0.2, 0) is 4.79 Å². The van der Waals surface area contributed by atoms with Gasteiger partial charge in [0.2, 0.25) is 5.91 Å². The van der Waals surface area contributed by atoms with Crippen molar-refractivity contribution in [2.24, 2.45) is 5.41 Å². The molecule has 0 aliphatic heterocycles. The van der Waals surface area contributed by atoms with Crippen molar-refractivity contribution in [1.82, 2.24) is 10.2 Å². The fourth-order valence-corrected chi connectivity index (χ4v) is 3.81. The second-order valence-corrected chi connectivity index (χ2v) is 9.63. The number of nitrogens with one attached hydrogen (secondary N) is 1. The van der Waals surface area contributed by atoms with E-state index < -0.39 is 0 Å². The number of carbonyl (C=O) groups excluding carboxylic acids is 1. The fraction of sp³-hybridized carbons (Fsp3) is 0.577. The van der Waals surface area contributed by atoms with E-state index in [9.17, 15) is 4.79 Å². The summed E-state index contributed by atoms with van der Waals surface area (Å²) in [5.41, 5.74) is 2.43. The Bertz CT molecular complexity index is 767. The number of nitrogens with zero attached hydrogens (tertiary/aromatic N) is 1. The Hall–Kier alpha value is -1.88. The summed E-state index contributed by atoms with van der Waals surface area (Å²) in [7, 11) is 0. The normalized spacial score (nSPS) is 10.8. The van der Waals surface area contributed by atoms with Crippen molar-refractivity contribution in [3.8, 4) is 23.7 Å².